The highest BCUT2D eigenvalue weighted by molar-refractivity contribution is 5.99. The average Bonchev–Trinajstić information content (AvgIpc) is 2.76. The number of amides is 1. The Bertz CT molecular complexity index is 422. The van der Waals surface area contributed by atoms with E-state index in [0.717, 1.165) is 18.7 Å². The number of carbonyl (C=O) groups is 1. The highest BCUT2D eigenvalue weighted by Crippen LogP contribution is 2.16. The van der Waals surface area contributed by atoms with E-state index >= 15 is 0 Å². The van der Waals surface area contributed by atoms with Gasteiger partial charge in [-0.15, -0.1) is 0 Å². The predicted molar refractivity (Wildman–Crippen MR) is 69.7 cm³/mol. The highest BCUT2D eigenvalue weighted by Gasteiger charge is 2.26. The third kappa shape index (κ3) is 2.79. The molecule has 1 amide bonds. The van der Waals surface area contributed by atoms with Crippen LogP contribution in [0.25, 0.3) is 0 Å². The first-order chi connectivity index (χ1) is 8.72. The van der Waals surface area contributed by atoms with Gasteiger partial charge in [0.2, 0.25) is 0 Å². The lowest BCUT2D eigenvalue weighted by Gasteiger charge is -2.17. The second kappa shape index (κ2) is 5.82. The summed E-state index contributed by atoms with van der Waals surface area (Å²) < 4.78 is 5.43. The molecule has 18 heavy (non-hydrogen) atoms. The molecule has 0 radical (unpaired) electrons. The SMILES string of the molecule is CCNc1ccncc1C(=O)NC1CCOC1C. The van der Waals surface area contributed by atoms with Crippen LogP contribution in [0.3, 0.4) is 0 Å². The molecule has 1 aliphatic rings. The summed E-state index contributed by atoms with van der Waals surface area (Å²) in [6, 6.07) is 1.90. The van der Waals surface area contributed by atoms with Gasteiger partial charge in [-0.25, -0.2) is 0 Å². The number of aromatic nitrogens is 1. The van der Waals surface area contributed by atoms with Crippen LogP contribution < -0.4 is 10.6 Å². The summed E-state index contributed by atoms with van der Waals surface area (Å²) >= 11 is 0. The number of anilines is 1. The molecule has 2 heterocycles. The smallest absolute Gasteiger partial charge is 0.255 e. The Hall–Kier alpha value is -1.62. The number of nitrogens with zero attached hydrogens (tertiary/aromatic N) is 1. The quantitative estimate of drug-likeness (QED) is 0.847. The molecule has 2 unspecified atom stereocenters. The van der Waals surface area contributed by atoms with Crippen molar-refractivity contribution in [1.29, 1.82) is 0 Å². The zero-order chi connectivity index (χ0) is 13.0. The molecule has 2 N–H and O–H groups in total. The molecular formula is C13H19N3O2. The van der Waals surface area contributed by atoms with E-state index in [1.165, 1.54) is 0 Å². The monoisotopic (exact) mass is 249 g/mol. The second-order valence-electron chi connectivity index (χ2n) is 4.40. The Morgan fingerprint density at radius 3 is 3.11 bits per heavy atom. The summed E-state index contributed by atoms with van der Waals surface area (Å²) in [4.78, 5) is 16.2. The van der Waals surface area contributed by atoms with Gasteiger partial charge in [0, 0.05) is 25.5 Å². The zero-order valence-electron chi connectivity index (χ0n) is 10.8. The first-order valence-corrected chi connectivity index (χ1v) is 6.32. The van der Waals surface area contributed by atoms with Gasteiger partial charge in [-0.3, -0.25) is 9.78 Å². The van der Waals surface area contributed by atoms with Crippen LogP contribution in [0.5, 0.6) is 0 Å². The van der Waals surface area contributed by atoms with Crippen molar-refractivity contribution in [2.75, 3.05) is 18.5 Å². The normalized spacial score (nSPS) is 22.8. The van der Waals surface area contributed by atoms with Crippen molar-refractivity contribution in [1.82, 2.24) is 10.3 Å². The second-order valence-corrected chi connectivity index (χ2v) is 4.40. The maximum Gasteiger partial charge on any atom is 0.255 e. The predicted octanol–water partition coefficient (Wildman–Crippen LogP) is 1.42. The van der Waals surface area contributed by atoms with Gasteiger partial charge in [-0.05, 0) is 26.3 Å². The molecular weight excluding hydrogens is 230 g/mol. The number of nitrogens with one attached hydrogen (secondary N) is 2. The summed E-state index contributed by atoms with van der Waals surface area (Å²) in [5.74, 6) is -0.0959. The largest absolute Gasteiger partial charge is 0.385 e. The molecule has 98 valence electrons. The first-order valence-electron chi connectivity index (χ1n) is 6.32. The highest BCUT2D eigenvalue weighted by atomic mass is 16.5. The lowest BCUT2D eigenvalue weighted by Crippen LogP contribution is -2.39. The molecule has 5 nitrogen and oxygen atoms in total. The minimum atomic E-state index is -0.0959. The van der Waals surface area contributed by atoms with Gasteiger partial charge in [0.05, 0.1) is 23.4 Å². The van der Waals surface area contributed by atoms with Crippen LogP contribution in [0.2, 0.25) is 0 Å². The van der Waals surface area contributed by atoms with Gasteiger partial charge in [0.15, 0.2) is 0 Å². The lowest BCUT2D eigenvalue weighted by molar-refractivity contribution is 0.0866. The van der Waals surface area contributed by atoms with Crippen LogP contribution >= 0.6 is 0 Å². The van der Waals surface area contributed by atoms with Gasteiger partial charge < -0.3 is 15.4 Å². The van der Waals surface area contributed by atoms with Gasteiger partial charge in [0.25, 0.3) is 5.91 Å². The molecule has 1 aromatic heterocycles. The van der Waals surface area contributed by atoms with Gasteiger partial charge in [-0.1, -0.05) is 0 Å². The molecule has 1 saturated heterocycles. The van der Waals surface area contributed by atoms with Crippen LogP contribution in [0.15, 0.2) is 18.5 Å². The molecule has 0 saturated carbocycles. The molecule has 1 aromatic rings. The molecule has 0 bridgehead atoms. The van der Waals surface area contributed by atoms with E-state index in [1.54, 1.807) is 12.4 Å². The van der Waals surface area contributed by atoms with E-state index in [1.807, 2.05) is 19.9 Å². The average molecular weight is 249 g/mol. The fourth-order valence-corrected chi connectivity index (χ4v) is 2.09. The third-order valence-corrected chi connectivity index (χ3v) is 3.13. The summed E-state index contributed by atoms with van der Waals surface area (Å²) in [6.45, 7) is 5.45. The molecule has 2 atom stereocenters. The first kappa shape index (κ1) is 12.8. The Labute approximate surface area is 107 Å². The van der Waals surface area contributed by atoms with E-state index < -0.39 is 0 Å². The van der Waals surface area contributed by atoms with Crippen LogP contribution in [0.4, 0.5) is 5.69 Å². The number of pyridine rings is 1. The van der Waals surface area contributed by atoms with Crippen molar-refractivity contribution in [3.63, 3.8) is 0 Å². The molecule has 2 rings (SSSR count). The third-order valence-electron chi connectivity index (χ3n) is 3.13. The Morgan fingerprint density at radius 1 is 1.61 bits per heavy atom. The van der Waals surface area contributed by atoms with Crippen LogP contribution in [-0.2, 0) is 4.74 Å². The zero-order valence-corrected chi connectivity index (χ0v) is 10.8. The Balaban J connectivity index is 2.08. The number of carbonyl (C=O) groups excluding carboxylic acids is 1. The van der Waals surface area contributed by atoms with Crippen molar-refractivity contribution in [2.45, 2.75) is 32.4 Å². The number of hydrogen-bond donors (Lipinski definition) is 2. The molecule has 5 heteroatoms. The van der Waals surface area contributed by atoms with Crippen LogP contribution in [-0.4, -0.2) is 36.2 Å². The summed E-state index contributed by atoms with van der Waals surface area (Å²) in [7, 11) is 0. The van der Waals surface area contributed by atoms with E-state index in [4.69, 9.17) is 4.74 Å². The van der Waals surface area contributed by atoms with Gasteiger partial charge in [-0.2, -0.15) is 0 Å². The maximum absolute atomic E-state index is 12.2. The van der Waals surface area contributed by atoms with Crippen LogP contribution in [0.1, 0.15) is 30.6 Å². The number of hydrogen-bond acceptors (Lipinski definition) is 4. The van der Waals surface area contributed by atoms with E-state index in [-0.39, 0.29) is 18.1 Å². The van der Waals surface area contributed by atoms with Crippen LogP contribution in [0, 0.1) is 0 Å². The molecule has 0 spiro atoms. The minimum Gasteiger partial charge on any atom is -0.385 e. The molecule has 1 fully saturated rings. The topological polar surface area (TPSA) is 63.2 Å². The standard InChI is InChI=1S/C13H19N3O2/c1-3-15-12-4-6-14-8-10(12)13(17)16-11-5-7-18-9(11)2/h4,6,8-9,11H,3,5,7H2,1-2H3,(H,14,15)(H,16,17). The van der Waals surface area contributed by atoms with Crippen molar-refractivity contribution < 1.29 is 9.53 Å². The lowest BCUT2D eigenvalue weighted by atomic mass is 10.1. The van der Waals surface area contributed by atoms with Gasteiger partial charge in [0.1, 0.15) is 0 Å². The Kier molecular flexibility index (Phi) is 4.15. The fourth-order valence-electron chi connectivity index (χ4n) is 2.09. The number of rotatable bonds is 4. The van der Waals surface area contributed by atoms with Gasteiger partial charge >= 0.3 is 0 Å². The summed E-state index contributed by atoms with van der Waals surface area (Å²) in [5, 5.41) is 6.16. The molecule has 0 aliphatic carbocycles. The van der Waals surface area contributed by atoms with Crippen molar-refractivity contribution in [3.05, 3.63) is 24.0 Å². The van der Waals surface area contributed by atoms with E-state index in [2.05, 4.69) is 15.6 Å². The maximum atomic E-state index is 12.2. The van der Waals surface area contributed by atoms with Crippen molar-refractivity contribution >= 4 is 11.6 Å². The van der Waals surface area contributed by atoms with Crippen molar-refractivity contribution in [3.8, 4) is 0 Å². The Morgan fingerprint density at radius 2 is 2.44 bits per heavy atom. The molecule has 1 aliphatic heterocycles. The molecule has 0 aromatic carbocycles. The number of ether oxygens (including phenoxy) is 1. The summed E-state index contributed by atoms with van der Waals surface area (Å²) in [6.07, 6.45) is 4.21. The van der Waals surface area contributed by atoms with E-state index in [0.29, 0.717) is 12.2 Å². The van der Waals surface area contributed by atoms with E-state index in [9.17, 15) is 4.79 Å². The minimum absolute atomic E-state index is 0.0770. The fraction of sp³-hybridized carbons (Fsp3) is 0.538. The van der Waals surface area contributed by atoms with Crippen molar-refractivity contribution in [2.24, 2.45) is 0 Å². The summed E-state index contributed by atoms with van der Waals surface area (Å²) in [5.41, 5.74) is 1.40.